The third-order valence-electron chi connectivity index (χ3n) is 3.52. The minimum Gasteiger partial charge on any atom is -0.507 e. The highest BCUT2D eigenvalue weighted by molar-refractivity contribution is 6.31. The number of hydrogen-bond donors (Lipinski definition) is 2. The van der Waals surface area contributed by atoms with Crippen LogP contribution >= 0.6 is 0 Å². The monoisotopic (exact) mass is 348 g/mol. The summed E-state index contributed by atoms with van der Waals surface area (Å²) in [6.07, 6.45) is -3.74. The van der Waals surface area contributed by atoms with Crippen LogP contribution in [-0.4, -0.2) is 16.9 Å². The van der Waals surface area contributed by atoms with Crippen molar-refractivity contribution in [1.82, 2.24) is 0 Å². The molecule has 0 aromatic heterocycles. The van der Waals surface area contributed by atoms with Crippen molar-refractivity contribution in [2.24, 2.45) is 0 Å². The first-order chi connectivity index (χ1) is 11.8. The van der Waals surface area contributed by atoms with Crippen LogP contribution in [0.25, 0.3) is 0 Å². The van der Waals surface area contributed by atoms with E-state index in [2.05, 4.69) is 5.32 Å². The van der Waals surface area contributed by atoms with Crippen molar-refractivity contribution in [1.29, 1.82) is 0 Å². The van der Waals surface area contributed by atoms with Gasteiger partial charge in [0.15, 0.2) is 0 Å². The zero-order valence-corrected chi connectivity index (χ0v) is 12.5. The van der Waals surface area contributed by atoms with Crippen LogP contribution in [0.15, 0.2) is 60.3 Å². The molecule has 0 unspecified atom stereocenters. The summed E-state index contributed by atoms with van der Waals surface area (Å²) in [7, 11) is 0. The number of rotatable bonds is 3. The Morgan fingerprint density at radius 3 is 2.32 bits per heavy atom. The largest absolute Gasteiger partial charge is 0.507 e. The summed E-state index contributed by atoms with van der Waals surface area (Å²) in [6, 6.07) is 10.9. The number of alkyl halides is 3. The molecule has 2 amide bonds. The lowest BCUT2D eigenvalue weighted by Crippen LogP contribution is -2.31. The van der Waals surface area contributed by atoms with Gasteiger partial charge in [0.25, 0.3) is 11.8 Å². The number of anilines is 2. The van der Waals surface area contributed by atoms with Crippen LogP contribution in [0, 0.1) is 0 Å². The maximum absolute atomic E-state index is 12.8. The van der Waals surface area contributed by atoms with E-state index in [1.165, 1.54) is 6.07 Å². The molecule has 0 fully saturated rings. The number of para-hydroxylation sites is 1. The molecular formula is C17H11F3N2O3. The number of nitrogens with one attached hydrogen (secondary N) is 1. The number of amides is 2. The van der Waals surface area contributed by atoms with E-state index in [0.29, 0.717) is 11.8 Å². The number of carbonyl (C=O) groups excluding carboxylic acids is 2. The maximum atomic E-state index is 12.8. The summed E-state index contributed by atoms with van der Waals surface area (Å²) >= 11 is 0. The number of aromatic hydroxyl groups is 1. The molecule has 0 saturated carbocycles. The van der Waals surface area contributed by atoms with Gasteiger partial charge in [0.05, 0.1) is 11.3 Å². The molecule has 3 rings (SSSR count). The minimum atomic E-state index is -4.75. The molecule has 25 heavy (non-hydrogen) atoms. The van der Waals surface area contributed by atoms with E-state index in [-0.39, 0.29) is 11.4 Å². The lowest BCUT2D eigenvalue weighted by Gasteiger charge is -2.15. The van der Waals surface area contributed by atoms with Crippen molar-refractivity contribution in [3.8, 4) is 5.75 Å². The molecule has 0 spiro atoms. The molecule has 1 aliphatic rings. The molecule has 0 aliphatic carbocycles. The Kier molecular flexibility index (Phi) is 3.96. The highest BCUT2D eigenvalue weighted by Crippen LogP contribution is 2.37. The Labute approximate surface area is 140 Å². The standard InChI is InChI=1S/C17H11F3N2O3/c18-17(19,20)12-8-10(6-7-14(12)23)21-13-9-15(24)22(16(13)25)11-4-2-1-3-5-11/h1-9,21,23H. The Morgan fingerprint density at radius 1 is 1.00 bits per heavy atom. The van der Waals surface area contributed by atoms with Crippen molar-refractivity contribution in [2.75, 3.05) is 10.2 Å². The summed E-state index contributed by atoms with van der Waals surface area (Å²) < 4.78 is 38.5. The Morgan fingerprint density at radius 2 is 1.68 bits per heavy atom. The first kappa shape index (κ1) is 16.6. The molecule has 0 radical (unpaired) electrons. The Bertz CT molecular complexity index is 876. The lowest BCUT2D eigenvalue weighted by molar-refractivity contribution is -0.138. The molecule has 2 aromatic carbocycles. The van der Waals surface area contributed by atoms with E-state index in [1.54, 1.807) is 30.3 Å². The van der Waals surface area contributed by atoms with Gasteiger partial charge in [-0.3, -0.25) is 9.59 Å². The van der Waals surface area contributed by atoms with Gasteiger partial charge in [-0.1, -0.05) is 18.2 Å². The van der Waals surface area contributed by atoms with E-state index in [0.717, 1.165) is 17.0 Å². The van der Waals surface area contributed by atoms with E-state index < -0.39 is 29.3 Å². The number of benzene rings is 2. The first-order valence-electron chi connectivity index (χ1n) is 7.10. The fraction of sp³-hybridized carbons (Fsp3) is 0.0588. The summed E-state index contributed by atoms with van der Waals surface area (Å²) in [5, 5.41) is 11.8. The smallest absolute Gasteiger partial charge is 0.420 e. The van der Waals surface area contributed by atoms with Crippen LogP contribution in [-0.2, 0) is 15.8 Å². The molecule has 0 bridgehead atoms. The quantitative estimate of drug-likeness (QED) is 0.660. The number of hydrogen-bond acceptors (Lipinski definition) is 4. The van der Waals surface area contributed by atoms with Gasteiger partial charge in [0.2, 0.25) is 0 Å². The first-order valence-corrected chi connectivity index (χ1v) is 7.10. The molecule has 8 heteroatoms. The molecule has 2 N–H and O–H groups in total. The molecule has 1 heterocycles. The van der Waals surface area contributed by atoms with E-state index in [1.807, 2.05) is 0 Å². The fourth-order valence-electron chi connectivity index (χ4n) is 2.38. The summed E-state index contributed by atoms with van der Waals surface area (Å²) in [5.41, 5.74) is -1.12. The molecular weight excluding hydrogens is 337 g/mol. The molecule has 2 aromatic rings. The second kappa shape index (κ2) is 5.97. The highest BCUT2D eigenvalue weighted by Gasteiger charge is 2.35. The van der Waals surface area contributed by atoms with Crippen LogP contribution in [0.1, 0.15) is 5.56 Å². The topological polar surface area (TPSA) is 69.6 Å². The molecule has 5 nitrogen and oxygen atoms in total. The van der Waals surface area contributed by atoms with Crippen LogP contribution in [0.2, 0.25) is 0 Å². The predicted octanol–water partition coefficient (Wildman–Crippen LogP) is 3.28. The Balaban J connectivity index is 1.86. The lowest BCUT2D eigenvalue weighted by atomic mass is 10.1. The zero-order valence-electron chi connectivity index (χ0n) is 12.5. The average Bonchev–Trinajstić information content (AvgIpc) is 2.83. The van der Waals surface area contributed by atoms with Crippen LogP contribution in [0.3, 0.4) is 0 Å². The maximum Gasteiger partial charge on any atom is 0.420 e. The zero-order chi connectivity index (χ0) is 18.2. The van der Waals surface area contributed by atoms with Gasteiger partial charge in [-0.05, 0) is 30.3 Å². The van der Waals surface area contributed by atoms with Gasteiger partial charge < -0.3 is 10.4 Å². The number of imide groups is 1. The summed E-state index contributed by atoms with van der Waals surface area (Å²) in [4.78, 5) is 25.3. The predicted molar refractivity (Wildman–Crippen MR) is 83.7 cm³/mol. The van der Waals surface area contributed by atoms with Gasteiger partial charge in [-0.25, -0.2) is 4.90 Å². The third-order valence-corrected chi connectivity index (χ3v) is 3.52. The fourth-order valence-corrected chi connectivity index (χ4v) is 2.38. The third kappa shape index (κ3) is 3.18. The van der Waals surface area contributed by atoms with E-state index in [4.69, 9.17) is 0 Å². The van der Waals surface area contributed by atoms with Crippen molar-refractivity contribution in [3.05, 3.63) is 65.9 Å². The van der Waals surface area contributed by atoms with Crippen molar-refractivity contribution in [3.63, 3.8) is 0 Å². The van der Waals surface area contributed by atoms with Gasteiger partial charge in [-0.15, -0.1) is 0 Å². The van der Waals surface area contributed by atoms with Gasteiger partial charge in [0, 0.05) is 11.8 Å². The summed E-state index contributed by atoms with van der Waals surface area (Å²) in [5.74, 6) is -2.21. The number of phenolic OH excluding ortho intramolecular Hbond substituents is 1. The highest BCUT2D eigenvalue weighted by atomic mass is 19.4. The number of carbonyl (C=O) groups is 2. The average molecular weight is 348 g/mol. The van der Waals surface area contributed by atoms with Crippen LogP contribution in [0.5, 0.6) is 5.75 Å². The van der Waals surface area contributed by atoms with Crippen molar-refractivity contribution < 1.29 is 27.9 Å². The Hall–Kier alpha value is -3.29. The van der Waals surface area contributed by atoms with Gasteiger partial charge in [0.1, 0.15) is 11.4 Å². The van der Waals surface area contributed by atoms with Crippen molar-refractivity contribution in [2.45, 2.75) is 6.18 Å². The van der Waals surface area contributed by atoms with Crippen LogP contribution in [0.4, 0.5) is 24.5 Å². The number of nitrogens with zero attached hydrogens (tertiary/aromatic N) is 1. The normalized spacial score (nSPS) is 14.7. The van der Waals surface area contributed by atoms with Gasteiger partial charge in [-0.2, -0.15) is 13.2 Å². The van der Waals surface area contributed by atoms with Crippen LogP contribution < -0.4 is 10.2 Å². The molecule has 1 aliphatic heterocycles. The molecule has 0 saturated heterocycles. The van der Waals surface area contributed by atoms with E-state index >= 15 is 0 Å². The SMILES string of the molecule is O=C1C=C(Nc2ccc(O)c(C(F)(F)F)c2)C(=O)N1c1ccccc1. The van der Waals surface area contributed by atoms with Gasteiger partial charge >= 0.3 is 6.18 Å². The molecule has 128 valence electrons. The molecule has 0 atom stereocenters. The van der Waals surface area contributed by atoms with E-state index in [9.17, 15) is 27.9 Å². The number of halogens is 3. The number of phenols is 1. The van der Waals surface area contributed by atoms with Crippen molar-refractivity contribution >= 4 is 23.2 Å². The second-order valence-electron chi connectivity index (χ2n) is 5.23. The summed E-state index contributed by atoms with van der Waals surface area (Å²) in [6.45, 7) is 0. The second-order valence-corrected chi connectivity index (χ2v) is 5.23. The minimum absolute atomic E-state index is 0.0764.